The molecule has 2 heterocycles. The van der Waals surface area contributed by atoms with Gasteiger partial charge in [-0.15, -0.1) is 0 Å². The average Bonchev–Trinajstić information content (AvgIpc) is 3.26. The Balaban J connectivity index is 1.43. The summed E-state index contributed by atoms with van der Waals surface area (Å²) in [4.78, 5) is 4.56. The highest BCUT2D eigenvalue weighted by atomic mass is 15.3. The summed E-state index contributed by atoms with van der Waals surface area (Å²) in [5.74, 6) is 0.946. The first-order chi connectivity index (χ1) is 14.4. The molecule has 0 saturated heterocycles. The van der Waals surface area contributed by atoms with Crippen LogP contribution in [0.2, 0.25) is 0 Å². The van der Waals surface area contributed by atoms with E-state index in [4.69, 9.17) is 0 Å². The summed E-state index contributed by atoms with van der Waals surface area (Å²) in [5.41, 5.74) is 5.51. The number of hydrogen-bond donors (Lipinski definition) is 3. The summed E-state index contributed by atoms with van der Waals surface area (Å²) in [5, 5.41) is 14.6. The van der Waals surface area contributed by atoms with Crippen molar-refractivity contribution in [1.29, 1.82) is 0 Å². The zero-order valence-corrected chi connectivity index (χ0v) is 17.8. The zero-order chi connectivity index (χ0) is 21.1. The van der Waals surface area contributed by atoms with Crippen molar-refractivity contribution in [3.05, 3.63) is 83.9 Å². The number of hydrogen-bond acceptors (Lipinski definition) is 5. The SMILES string of the molecule is CC1=C(Nc2cccc(C(C)(C)C)c2)NC(Nc2ccc(-n3cccn3)cc2)N=C1. The van der Waals surface area contributed by atoms with Crippen molar-refractivity contribution in [3.63, 3.8) is 0 Å². The van der Waals surface area contributed by atoms with Crippen LogP contribution in [0.5, 0.6) is 0 Å². The van der Waals surface area contributed by atoms with Gasteiger partial charge >= 0.3 is 0 Å². The number of nitrogens with one attached hydrogen (secondary N) is 3. The minimum absolute atomic E-state index is 0.106. The molecule has 2 aromatic carbocycles. The fraction of sp³-hybridized carbons (Fsp3) is 0.250. The Bertz CT molecular complexity index is 1060. The molecule has 1 aliphatic rings. The minimum atomic E-state index is -0.252. The molecular formula is C24H28N6. The highest BCUT2D eigenvalue weighted by Gasteiger charge is 2.17. The molecule has 154 valence electrons. The van der Waals surface area contributed by atoms with Crippen LogP contribution in [0.1, 0.15) is 33.3 Å². The molecule has 4 rings (SSSR count). The van der Waals surface area contributed by atoms with E-state index in [9.17, 15) is 0 Å². The van der Waals surface area contributed by atoms with Crippen LogP contribution in [0.4, 0.5) is 11.4 Å². The number of aliphatic imine (C=N–C) groups is 1. The van der Waals surface area contributed by atoms with Crippen LogP contribution < -0.4 is 16.0 Å². The molecule has 1 unspecified atom stereocenters. The summed E-state index contributed by atoms with van der Waals surface area (Å²) < 4.78 is 1.83. The van der Waals surface area contributed by atoms with Gasteiger partial charge in [-0.25, -0.2) is 9.67 Å². The van der Waals surface area contributed by atoms with Crippen molar-refractivity contribution in [3.8, 4) is 5.69 Å². The zero-order valence-electron chi connectivity index (χ0n) is 17.8. The van der Waals surface area contributed by atoms with Crippen molar-refractivity contribution in [2.75, 3.05) is 10.6 Å². The van der Waals surface area contributed by atoms with Crippen molar-refractivity contribution >= 4 is 17.6 Å². The number of nitrogens with zero attached hydrogens (tertiary/aromatic N) is 3. The van der Waals surface area contributed by atoms with Crippen LogP contribution in [0.25, 0.3) is 5.69 Å². The van der Waals surface area contributed by atoms with Crippen LogP contribution in [0.3, 0.4) is 0 Å². The second-order valence-corrected chi connectivity index (χ2v) is 8.48. The molecule has 0 aliphatic carbocycles. The van der Waals surface area contributed by atoms with E-state index < -0.39 is 0 Å². The van der Waals surface area contributed by atoms with E-state index in [0.29, 0.717) is 0 Å². The van der Waals surface area contributed by atoms with Gasteiger partial charge in [-0.1, -0.05) is 32.9 Å². The standard InChI is InChI=1S/C24H28N6/c1-17-16-25-23(28-19-9-11-21(12-10-19)30-14-6-13-26-30)29-22(17)27-20-8-5-7-18(15-20)24(2,3)4/h5-16,23,27-29H,1-4H3. The number of benzene rings is 2. The van der Waals surface area contributed by atoms with Crippen LogP contribution in [-0.4, -0.2) is 22.3 Å². The Labute approximate surface area is 177 Å². The van der Waals surface area contributed by atoms with Gasteiger partial charge in [0.05, 0.1) is 5.69 Å². The van der Waals surface area contributed by atoms with Crippen LogP contribution in [-0.2, 0) is 5.41 Å². The molecular weight excluding hydrogens is 372 g/mol. The van der Waals surface area contributed by atoms with Gasteiger partial charge in [-0.2, -0.15) is 5.10 Å². The van der Waals surface area contributed by atoms with Crippen molar-refractivity contribution < 1.29 is 0 Å². The highest BCUT2D eigenvalue weighted by molar-refractivity contribution is 5.81. The third kappa shape index (κ3) is 4.54. The molecule has 30 heavy (non-hydrogen) atoms. The summed E-state index contributed by atoms with van der Waals surface area (Å²) >= 11 is 0. The lowest BCUT2D eigenvalue weighted by atomic mass is 9.87. The van der Waals surface area contributed by atoms with Gasteiger partial charge in [0.2, 0.25) is 0 Å². The Kier molecular flexibility index (Phi) is 5.31. The molecule has 1 aliphatic heterocycles. The molecule has 1 aromatic heterocycles. The fourth-order valence-corrected chi connectivity index (χ4v) is 3.24. The van der Waals surface area contributed by atoms with Gasteiger partial charge in [-0.05, 0) is 60.4 Å². The van der Waals surface area contributed by atoms with Crippen LogP contribution >= 0.6 is 0 Å². The first-order valence-electron chi connectivity index (χ1n) is 10.1. The first-order valence-corrected chi connectivity index (χ1v) is 10.1. The predicted molar refractivity (Wildman–Crippen MR) is 124 cm³/mol. The monoisotopic (exact) mass is 400 g/mol. The molecule has 6 heteroatoms. The van der Waals surface area contributed by atoms with Gasteiger partial charge in [0.1, 0.15) is 5.82 Å². The van der Waals surface area contributed by atoms with E-state index >= 15 is 0 Å². The normalized spacial score (nSPS) is 16.3. The molecule has 0 fully saturated rings. The van der Waals surface area contributed by atoms with Crippen LogP contribution in [0.15, 0.2) is 83.4 Å². The summed E-state index contributed by atoms with van der Waals surface area (Å²) in [6, 6.07) is 18.6. The summed E-state index contributed by atoms with van der Waals surface area (Å²) in [7, 11) is 0. The fourth-order valence-electron chi connectivity index (χ4n) is 3.24. The number of aromatic nitrogens is 2. The Morgan fingerprint density at radius 2 is 1.80 bits per heavy atom. The van der Waals surface area contributed by atoms with E-state index in [1.165, 1.54) is 5.56 Å². The molecule has 3 aromatic rings. The molecule has 0 radical (unpaired) electrons. The first kappa shape index (κ1) is 19.8. The molecule has 0 bridgehead atoms. The van der Waals surface area contributed by atoms with Gasteiger partial charge < -0.3 is 16.0 Å². The maximum absolute atomic E-state index is 4.56. The molecule has 1 atom stereocenters. The summed E-state index contributed by atoms with van der Waals surface area (Å²) in [6.45, 7) is 8.71. The van der Waals surface area contributed by atoms with Gasteiger partial charge in [0.25, 0.3) is 0 Å². The smallest absolute Gasteiger partial charge is 0.195 e. The molecule has 6 nitrogen and oxygen atoms in total. The Morgan fingerprint density at radius 3 is 2.50 bits per heavy atom. The Morgan fingerprint density at radius 1 is 1.00 bits per heavy atom. The van der Waals surface area contributed by atoms with E-state index in [2.05, 4.69) is 71.1 Å². The number of rotatable bonds is 5. The maximum Gasteiger partial charge on any atom is 0.195 e. The second kappa shape index (κ2) is 8.06. The third-order valence-electron chi connectivity index (χ3n) is 5.03. The van der Waals surface area contributed by atoms with E-state index in [1.807, 2.05) is 54.3 Å². The summed E-state index contributed by atoms with van der Waals surface area (Å²) in [6.07, 6.45) is 5.34. The lowest BCUT2D eigenvalue weighted by molar-refractivity contribution is 0.590. The van der Waals surface area contributed by atoms with Crippen molar-refractivity contribution in [2.45, 2.75) is 39.4 Å². The van der Waals surface area contributed by atoms with Crippen molar-refractivity contribution in [1.82, 2.24) is 15.1 Å². The lowest BCUT2D eigenvalue weighted by Gasteiger charge is -2.26. The lowest BCUT2D eigenvalue weighted by Crippen LogP contribution is -2.39. The van der Waals surface area contributed by atoms with Gasteiger partial charge in [0.15, 0.2) is 6.29 Å². The second-order valence-electron chi connectivity index (χ2n) is 8.48. The van der Waals surface area contributed by atoms with Crippen LogP contribution in [0, 0.1) is 0 Å². The predicted octanol–water partition coefficient (Wildman–Crippen LogP) is 4.88. The molecule has 0 spiro atoms. The largest absolute Gasteiger partial charge is 0.347 e. The quantitative estimate of drug-likeness (QED) is 0.571. The third-order valence-corrected chi connectivity index (χ3v) is 5.03. The molecule has 0 amide bonds. The topological polar surface area (TPSA) is 66.3 Å². The van der Waals surface area contributed by atoms with Gasteiger partial charge in [-0.3, -0.25) is 0 Å². The maximum atomic E-state index is 4.56. The van der Waals surface area contributed by atoms with Crippen molar-refractivity contribution in [2.24, 2.45) is 4.99 Å². The van der Waals surface area contributed by atoms with E-state index in [0.717, 1.165) is 28.5 Å². The average molecular weight is 401 g/mol. The van der Waals surface area contributed by atoms with E-state index in [1.54, 1.807) is 6.20 Å². The minimum Gasteiger partial charge on any atom is -0.347 e. The number of anilines is 2. The van der Waals surface area contributed by atoms with E-state index in [-0.39, 0.29) is 11.7 Å². The molecule has 0 saturated carbocycles. The Hall–Kier alpha value is -3.54. The molecule has 3 N–H and O–H groups in total. The highest BCUT2D eigenvalue weighted by Crippen LogP contribution is 2.25. The number of allylic oxidation sites excluding steroid dienone is 1. The van der Waals surface area contributed by atoms with Gasteiger partial charge in [0, 0.05) is 35.6 Å².